The Morgan fingerprint density at radius 2 is 1.91 bits per heavy atom. The first-order valence-electron chi connectivity index (χ1n) is 7.59. The molecule has 1 fully saturated rings. The SMILES string of the molecule is O=C(CCC1CCCC1)NNC(=O)COc1cccc(Br)c1. The molecular weight excluding hydrogens is 348 g/mol. The second-order valence-corrected chi connectivity index (χ2v) is 6.45. The van der Waals surface area contributed by atoms with Crippen molar-refractivity contribution >= 4 is 27.7 Å². The first kappa shape index (κ1) is 16.8. The minimum Gasteiger partial charge on any atom is -0.484 e. The molecule has 0 bridgehead atoms. The molecule has 120 valence electrons. The van der Waals surface area contributed by atoms with E-state index in [0.717, 1.165) is 10.9 Å². The zero-order valence-corrected chi connectivity index (χ0v) is 14.0. The van der Waals surface area contributed by atoms with Gasteiger partial charge in [0.2, 0.25) is 5.91 Å². The summed E-state index contributed by atoms with van der Waals surface area (Å²) in [5.41, 5.74) is 4.79. The Kier molecular flexibility index (Phi) is 6.71. The second kappa shape index (κ2) is 8.78. The number of benzene rings is 1. The molecule has 1 aromatic rings. The van der Waals surface area contributed by atoms with E-state index < -0.39 is 0 Å². The second-order valence-electron chi connectivity index (χ2n) is 5.53. The Morgan fingerprint density at radius 1 is 1.18 bits per heavy atom. The summed E-state index contributed by atoms with van der Waals surface area (Å²) in [7, 11) is 0. The molecule has 6 heteroatoms. The van der Waals surface area contributed by atoms with E-state index in [1.54, 1.807) is 12.1 Å². The molecule has 1 aromatic carbocycles. The number of amides is 2. The van der Waals surface area contributed by atoms with Gasteiger partial charge in [-0.2, -0.15) is 0 Å². The van der Waals surface area contributed by atoms with Gasteiger partial charge in [-0.15, -0.1) is 0 Å². The lowest BCUT2D eigenvalue weighted by atomic mass is 10.0. The highest BCUT2D eigenvalue weighted by Gasteiger charge is 2.16. The normalized spacial score (nSPS) is 14.6. The molecule has 1 aliphatic rings. The van der Waals surface area contributed by atoms with Crippen LogP contribution in [0, 0.1) is 5.92 Å². The van der Waals surface area contributed by atoms with Crippen LogP contribution in [0.3, 0.4) is 0 Å². The van der Waals surface area contributed by atoms with Crippen LogP contribution in [0.2, 0.25) is 0 Å². The number of halogens is 1. The Labute approximate surface area is 138 Å². The maximum atomic E-state index is 11.7. The lowest BCUT2D eigenvalue weighted by molar-refractivity contribution is -0.130. The molecule has 1 saturated carbocycles. The van der Waals surface area contributed by atoms with Crippen molar-refractivity contribution in [2.45, 2.75) is 38.5 Å². The van der Waals surface area contributed by atoms with Crippen molar-refractivity contribution in [1.29, 1.82) is 0 Å². The number of hydrogen-bond donors (Lipinski definition) is 2. The smallest absolute Gasteiger partial charge is 0.276 e. The van der Waals surface area contributed by atoms with Crippen molar-refractivity contribution < 1.29 is 14.3 Å². The molecule has 2 N–H and O–H groups in total. The summed E-state index contributed by atoms with van der Waals surface area (Å²) in [5, 5.41) is 0. The molecule has 0 atom stereocenters. The largest absolute Gasteiger partial charge is 0.484 e. The Morgan fingerprint density at radius 3 is 2.64 bits per heavy atom. The number of rotatable bonds is 6. The summed E-state index contributed by atoms with van der Waals surface area (Å²) >= 11 is 3.33. The quantitative estimate of drug-likeness (QED) is 0.758. The maximum Gasteiger partial charge on any atom is 0.276 e. The van der Waals surface area contributed by atoms with E-state index in [1.807, 2.05) is 12.1 Å². The lowest BCUT2D eigenvalue weighted by Crippen LogP contribution is -2.43. The first-order valence-corrected chi connectivity index (χ1v) is 8.39. The zero-order chi connectivity index (χ0) is 15.8. The van der Waals surface area contributed by atoms with Crippen LogP contribution in [0.25, 0.3) is 0 Å². The fraction of sp³-hybridized carbons (Fsp3) is 0.500. The fourth-order valence-corrected chi connectivity index (χ4v) is 2.96. The Balaban J connectivity index is 1.59. The van der Waals surface area contributed by atoms with Crippen LogP contribution in [0.15, 0.2) is 28.7 Å². The summed E-state index contributed by atoms with van der Waals surface area (Å²) in [6.07, 6.45) is 6.35. The highest BCUT2D eigenvalue weighted by atomic mass is 79.9. The third-order valence-electron chi connectivity index (χ3n) is 3.76. The first-order chi connectivity index (χ1) is 10.6. The average molecular weight is 369 g/mol. The topological polar surface area (TPSA) is 67.4 Å². The summed E-state index contributed by atoms with van der Waals surface area (Å²) in [6, 6.07) is 7.23. The van der Waals surface area contributed by atoms with Gasteiger partial charge in [0.05, 0.1) is 0 Å². The van der Waals surface area contributed by atoms with Gasteiger partial charge < -0.3 is 4.74 Å². The van der Waals surface area contributed by atoms with E-state index in [0.29, 0.717) is 18.1 Å². The van der Waals surface area contributed by atoms with E-state index >= 15 is 0 Å². The number of hydrazine groups is 1. The molecule has 0 aliphatic heterocycles. The van der Waals surface area contributed by atoms with E-state index in [2.05, 4.69) is 26.8 Å². The third-order valence-corrected chi connectivity index (χ3v) is 4.25. The van der Waals surface area contributed by atoms with Gasteiger partial charge in [-0.25, -0.2) is 0 Å². The molecule has 5 nitrogen and oxygen atoms in total. The highest BCUT2D eigenvalue weighted by Crippen LogP contribution is 2.28. The summed E-state index contributed by atoms with van der Waals surface area (Å²) in [4.78, 5) is 23.3. The molecule has 0 saturated heterocycles. The average Bonchev–Trinajstić information content (AvgIpc) is 3.02. The van der Waals surface area contributed by atoms with Gasteiger partial charge in [-0.3, -0.25) is 20.4 Å². The van der Waals surface area contributed by atoms with E-state index in [-0.39, 0.29) is 18.4 Å². The van der Waals surface area contributed by atoms with Crippen molar-refractivity contribution in [3.05, 3.63) is 28.7 Å². The van der Waals surface area contributed by atoms with Crippen LogP contribution in [-0.4, -0.2) is 18.4 Å². The number of carbonyl (C=O) groups is 2. The zero-order valence-electron chi connectivity index (χ0n) is 12.4. The molecule has 0 aromatic heterocycles. The van der Waals surface area contributed by atoms with Crippen LogP contribution in [0.5, 0.6) is 5.75 Å². The minimum absolute atomic E-state index is 0.140. The molecule has 0 heterocycles. The third kappa shape index (κ3) is 6.05. The molecule has 0 radical (unpaired) electrons. The molecule has 0 spiro atoms. The van der Waals surface area contributed by atoms with Gasteiger partial charge in [0.15, 0.2) is 6.61 Å². The van der Waals surface area contributed by atoms with Gasteiger partial charge in [-0.1, -0.05) is 47.7 Å². The van der Waals surface area contributed by atoms with E-state index in [1.165, 1.54) is 25.7 Å². The van der Waals surface area contributed by atoms with Gasteiger partial charge in [0.25, 0.3) is 5.91 Å². The molecule has 0 unspecified atom stereocenters. The Hall–Kier alpha value is -1.56. The van der Waals surface area contributed by atoms with Gasteiger partial charge in [0.1, 0.15) is 5.75 Å². The monoisotopic (exact) mass is 368 g/mol. The summed E-state index contributed by atoms with van der Waals surface area (Å²) in [5.74, 6) is 0.732. The van der Waals surface area contributed by atoms with Crippen molar-refractivity contribution in [2.75, 3.05) is 6.61 Å². The summed E-state index contributed by atoms with van der Waals surface area (Å²) in [6.45, 7) is -0.140. The van der Waals surface area contributed by atoms with Crippen LogP contribution in [0.1, 0.15) is 38.5 Å². The van der Waals surface area contributed by atoms with Gasteiger partial charge in [0, 0.05) is 10.9 Å². The number of hydrogen-bond acceptors (Lipinski definition) is 3. The standard InChI is InChI=1S/C16H21BrN2O3/c17-13-6-3-7-14(10-13)22-11-16(21)19-18-15(20)9-8-12-4-1-2-5-12/h3,6-7,10,12H,1-2,4-5,8-9,11H2,(H,18,20)(H,19,21). The minimum atomic E-state index is -0.380. The van der Waals surface area contributed by atoms with Crippen molar-refractivity contribution in [1.82, 2.24) is 10.9 Å². The van der Waals surface area contributed by atoms with Gasteiger partial charge in [-0.05, 0) is 30.5 Å². The molecule has 2 amide bonds. The molecule has 1 aliphatic carbocycles. The van der Waals surface area contributed by atoms with Crippen LogP contribution < -0.4 is 15.6 Å². The molecule has 2 rings (SSSR count). The van der Waals surface area contributed by atoms with Crippen LogP contribution >= 0.6 is 15.9 Å². The van der Waals surface area contributed by atoms with Crippen molar-refractivity contribution in [2.24, 2.45) is 5.92 Å². The predicted octanol–water partition coefficient (Wildman–Crippen LogP) is 2.95. The number of nitrogens with one attached hydrogen (secondary N) is 2. The van der Waals surface area contributed by atoms with Crippen molar-refractivity contribution in [3.8, 4) is 5.75 Å². The predicted molar refractivity (Wildman–Crippen MR) is 87.1 cm³/mol. The fourth-order valence-electron chi connectivity index (χ4n) is 2.58. The number of carbonyl (C=O) groups excluding carboxylic acids is 2. The van der Waals surface area contributed by atoms with Gasteiger partial charge >= 0.3 is 0 Å². The highest BCUT2D eigenvalue weighted by molar-refractivity contribution is 9.10. The number of ether oxygens (including phenoxy) is 1. The molecular formula is C16H21BrN2O3. The lowest BCUT2D eigenvalue weighted by Gasteiger charge is -2.10. The Bertz CT molecular complexity index is 516. The van der Waals surface area contributed by atoms with Crippen molar-refractivity contribution in [3.63, 3.8) is 0 Å². The maximum absolute atomic E-state index is 11.7. The van der Waals surface area contributed by atoms with E-state index in [4.69, 9.17) is 4.74 Å². The molecule has 22 heavy (non-hydrogen) atoms. The summed E-state index contributed by atoms with van der Waals surface area (Å²) < 4.78 is 6.21. The van der Waals surface area contributed by atoms with Crippen LogP contribution in [-0.2, 0) is 9.59 Å². The van der Waals surface area contributed by atoms with E-state index in [9.17, 15) is 9.59 Å². The van der Waals surface area contributed by atoms with Crippen LogP contribution in [0.4, 0.5) is 0 Å².